The molecular formula is C5H11OS. The van der Waals surface area contributed by atoms with Crippen LogP contribution in [-0.4, -0.2) is 17.6 Å². The van der Waals surface area contributed by atoms with E-state index in [4.69, 9.17) is 0 Å². The van der Waals surface area contributed by atoms with E-state index in [1.807, 2.05) is 11.9 Å². The van der Waals surface area contributed by atoms with E-state index in [0.717, 1.165) is 12.2 Å². The summed E-state index contributed by atoms with van der Waals surface area (Å²) < 4.78 is 0. The zero-order valence-corrected chi connectivity index (χ0v) is 5.66. The molecule has 0 aromatic heterocycles. The van der Waals surface area contributed by atoms with Crippen LogP contribution in [0, 0.1) is 0 Å². The molecule has 1 nitrogen and oxygen atoms in total. The number of carbonyl (C=O) groups excluding carboxylic acids is 1. The standard InChI is InChI=1S/C5H11OS/c1-3-4-7(2)5-6/h7H,3-4H2,1-2H3. The van der Waals surface area contributed by atoms with Gasteiger partial charge >= 0.3 is 0 Å². The molecule has 2 heteroatoms. The van der Waals surface area contributed by atoms with Gasteiger partial charge in [0.2, 0.25) is 5.62 Å². The van der Waals surface area contributed by atoms with Crippen molar-refractivity contribution in [3.05, 3.63) is 0 Å². The topological polar surface area (TPSA) is 17.1 Å². The summed E-state index contributed by atoms with van der Waals surface area (Å²) in [6, 6.07) is 0. The molecule has 0 amide bonds. The van der Waals surface area contributed by atoms with Gasteiger partial charge in [0, 0.05) is 0 Å². The minimum atomic E-state index is -0.384. The molecule has 0 aliphatic heterocycles. The third-order valence-electron chi connectivity index (χ3n) is 0.715. The van der Waals surface area contributed by atoms with Crippen molar-refractivity contribution in [3.8, 4) is 0 Å². The van der Waals surface area contributed by atoms with Gasteiger partial charge in [-0.1, -0.05) is 6.92 Å². The van der Waals surface area contributed by atoms with Gasteiger partial charge in [-0.25, -0.2) is 0 Å². The third kappa shape index (κ3) is 3.86. The Morgan fingerprint density at radius 2 is 2.29 bits per heavy atom. The first kappa shape index (κ1) is 7.02. The van der Waals surface area contributed by atoms with Crippen molar-refractivity contribution in [3.63, 3.8) is 0 Å². The van der Waals surface area contributed by atoms with Crippen molar-refractivity contribution in [2.45, 2.75) is 13.3 Å². The van der Waals surface area contributed by atoms with Crippen LogP contribution in [0.2, 0.25) is 0 Å². The Hall–Kier alpha value is 0.0200. The van der Waals surface area contributed by atoms with Crippen LogP contribution >= 0.6 is 10.9 Å². The maximum Gasteiger partial charge on any atom is 0.244 e. The van der Waals surface area contributed by atoms with Crippen molar-refractivity contribution in [1.29, 1.82) is 0 Å². The summed E-state index contributed by atoms with van der Waals surface area (Å²) in [5.74, 6) is 1.04. The lowest BCUT2D eigenvalue weighted by atomic mass is 10.6. The van der Waals surface area contributed by atoms with Crippen LogP contribution in [0.3, 0.4) is 0 Å². The van der Waals surface area contributed by atoms with Crippen LogP contribution in [-0.2, 0) is 4.79 Å². The molecule has 7 heavy (non-hydrogen) atoms. The molecule has 0 aromatic rings. The average Bonchev–Trinajstić information content (AvgIpc) is 1.68. The Bertz CT molecular complexity index is 54.0. The fraction of sp³-hybridized carbons (Fsp3) is 0.800. The molecule has 1 unspecified atom stereocenters. The molecule has 1 atom stereocenters. The zero-order valence-electron chi connectivity index (χ0n) is 4.77. The number of rotatable bonds is 3. The van der Waals surface area contributed by atoms with E-state index in [1.54, 1.807) is 0 Å². The monoisotopic (exact) mass is 119 g/mol. The van der Waals surface area contributed by atoms with Gasteiger partial charge in [0.05, 0.1) is 0 Å². The summed E-state index contributed by atoms with van der Waals surface area (Å²) in [6.07, 6.45) is 3.06. The predicted molar refractivity (Wildman–Crippen MR) is 35.8 cm³/mol. The third-order valence-corrected chi connectivity index (χ3v) is 2.14. The molecule has 0 aliphatic carbocycles. The lowest BCUT2D eigenvalue weighted by Crippen LogP contribution is -1.83. The second-order valence-corrected chi connectivity index (χ2v) is 3.54. The number of hydrogen-bond donors (Lipinski definition) is 1. The summed E-state index contributed by atoms with van der Waals surface area (Å²) in [5.41, 5.74) is 1.98. The van der Waals surface area contributed by atoms with E-state index in [1.165, 1.54) is 0 Å². The van der Waals surface area contributed by atoms with E-state index in [0.29, 0.717) is 0 Å². The van der Waals surface area contributed by atoms with Crippen molar-refractivity contribution >= 4 is 16.5 Å². The Labute approximate surface area is 47.5 Å². The second-order valence-electron chi connectivity index (χ2n) is 1.51. The normalized spacial score (nSPS) is 16.0. The molecule has 0 saturated heterocycles. The van der Waals surface area contributed by atoms with Gasteiger partial charge in [0.25, 0.3) is 0 Å². The van der Waals surface area contributed by atoms with Crippen LogP contribution < -0.4 is 0 Å². The van der Waals surface area contributed by atoms with Crippen molar-refractivity contribution in [2.24, 2.45) is 0 Å². The van der Waals surface area contributed by atoms with E-state index in [9.17, 15) is 4.79 Å². The molecule has 0 N–H and O–H groups in total. The highest BCUT2D eigenvalue weighted by Gasteiger charge is 1.88. The lowest BCUT2D eigenvalue weighted by molar-refractivity contribution is 0.569. The minimum Gasteiger partial charge on any atom is -0.279 e. The highest BCUT2D eigenvalue weighted by molar-refractivity contribution is 8.27. The Morgan fingerprint density at radius 1 is 1.71 bits per heavy atom. The molecule has 0 spiro atoms. The van der Waals surface area contributed by atoms with Gasteiger partial charge in [0.15, 0.2) is 0 Å². The first-order chi connectivity index (χ1) is 3.31. The van der Waals surface area contributed by atoms with Crippen LogP contribution in [0.25, 0.3) is 0 Å². The molecule has 0 heterocycles. The summed E-state index contributed by atoms with van der Waals surface area (Å²) in [7, 11) is -0.384. The average molecular weight is 119 g/mol. The summed E-state index contributed by atoms with van der Waals surface area (Å²) in [6.45, 7) is 2.08. The quantitative estimate of drug-likeness (QED) is 0.550. The smallest absolute Gasteiger partial charge is 0.244 e. The highest BCUT2D eigenvalue weighted by Crippen LogP contribution is 2.14. The van der Waals surface area contributed by atoms with Crippen molar-refractivity contribution in [1.82, 2.24) is 0 Å². The van der Waals surface area contributed by atoms with Crippen LogP contribution in [0.1, 0.15) is 13.3 Å². The lowest BCUT2D eigenvalue weighted by Gasteiger charge is -1.99. The predicted octanol–water partition coefficient (Wildman–Crippen LogP) is 1.09. The maximum absolute atomic E-state index is 9.80. The van der Waals surface area contributed by atoms with E-state index >= 15 is 0 Å². The molecule has 1 radical (unpaired) electrons. The fourth-order valence-corrected chi connectivity index (χ4v) is 1.14. The minimum absolute atomic E-state index is 0.384. The Morgan fingerprint density at radius 3 is 2.43 bits per heavy atom. The van der Waals surface area contributed by atoms with Gasteiger partial charge < -0.3 is 0 Å². The van der Waals surface area contributed by atoms with Crippen molar-refractivity contribution < 1.29 is 4.79 Å². The van der Waals surface area contributed by atoms with E-state index in [2.05, 4.69) is 6.92 Å². The molecule has 0 rings (SSSR count). The van der Waals surface area contributed by atoms with E-state index < -0.39 is 0 Å². The molecule has 0 fully saturated rings. The molecule has 0 bridgehead atoms. The summed E-state index contributed by atoms with van der Waals surface area (Å²) >= 11 is 0. The van der Waals surface area contributed by atoms with E-state index in [-0.39, 0.29) is 10.9 Å². The molecule has 0 saturated carbocycles. The SMILES string of the molecule is CCC[SH](C)[C]=O. The fourth-order valence-electron chi connectivity index (χ4n) is 0.381. The largest absolute Gasteiger partial charge is 0.279 e. The highest BCUT2D eigenvalue weighted by atomic mass is 32.2. The summed E-state index contributed by atoms with van der Waals surface area (Å²) in [4.78, 5) is 9.80. The van der Waals surface area contributed by atoms with Gasteiger partial charge in [-0.3, -0.25) is 4.79 Å². The first-order valence-electron chi connectivity index (χ1n) is 2.40. The number of thiol groups is 1. The van der Waals surface area contributed by atoms with Gasteiger partial charge in [-0.05, 0) is 18.4 Å². The molecule has 0 aliphatic rings. The Kier molecular flexibility index (Phi) is 4.20. The van der Waals surface area contributed by atoms with Gasteiger partial charge in [-0.2, -0.15) is 10.9 Å². The first-order valence-corrected chi connectivity index (χ1v) is 4.37. The molecule has 43 valence electrons. The number of hydrogen-bond acceptors (Lipinski definition) is 1. The molecule has 0 aromatic carbocycles. The molecular weight excluding hydrogens is 108 g/mol. The van der Waals surface area contributed by atoms with Gasteiger partial charge in [-0.15, -0.1) is 0 Å². The Balaban J connectivity index is 2.98. The van der Waals surface area contributed by atoms with Crippen molar-refractivity contribution in [2.75, 3.05) is 12.0 Å². The van der Waals surface area contributed by atoms with Crippen LogP contribution in [0.15, 0.2) is 0 Å². The van der Waals surface area contributed by atoms with Gasteiger partial charge in [0.1, 0.15) is 0 Å². The van der Waals surface area contributed by atoms with Crippen LogP contribution in [0.4, 0.5) is 0 Å². The summed E-state index contributed by atoms with van der Waals surface area (Å²) in [5, 5.41) is 0. The van der Waals surface area contributed by atoms with Crippen LogP contribution in [0.5, 0.6) is 0 Å². The zero-order chi connectivity index (χ0) is 5.70. The second kappa shape index (κ2) is 4.19. The maximum atomic E-state index is 9.80.